The fourth-order valence-corrected chi connectivity index (χ4v) is 2.09. The van der Waals surface area contributed by atoms with Crippen molar-refractivity contribution in [2.45, 2.75) is 26.8 Å². The maximum Gasteiger partial charge on any atom is 0.269 e. The van der Waals surface area contributed by atoms with E-state index in [1.165, 1.54) is 23.3 Å². The highest BCUT2D eigenvalue weighted by atomic mass is 16.6. The van der Waals surface area contributed by atoms with Crippen molar-refractivity contribution in [3.8, 4) is 0 Å². The summed E-state index contributed by atoms with van der Waals surface area (Å²) in [6, 6.07) is 13.0. The molecule has 2 rings (SSSR count). The van der Waals surface area contributed by atoms with Gasteiger partial charge in [0.25, 0.3) is 5.69 Å². The molecule has 0 aliphatic heterocycles. The lowest BCUT2D eigenvalue weighted by atomic mass is 10.1. The number of benzene rings is 2. The zero-order valence-electron chi connectivity index (χ0n) is 11.9. The van der Waals surface area contributed by atoms with Crippen LogP contribution in [0.15, 0.2) is 42.5 Å². The molecule has 0 bridgehead atoms. The van der Waals surface area contributed by atoms with E-state index in [4.69, 9.17) is 0 Å². The van der Waals surface area contributed by atoms with E-state index in [9.17, 15) is 10.1 Å². The number of non-ortho nitro benzene ring substituents is 1. The van der Waals surface area contributed by atoms with Crippen LogP contribution in [0.25, 0.3) is 0 Å². The Morgan fingerprint density at radius 1 is 1.10 bits per heavy atom. The van der Waals surface area contributed by atoms with Crippen LogP contribution < -0.4 is 5.32 Å². The summed E-state index contributed by atoms with van der Waals surface area (Å²) in [5.41, 5.74) is 4.62. The van der Waals surface area contributed by atoms with Gasteiger partial charge in [-0.3, -0.25) is 10.1 Å². The van der Waals surface area contributed by atoms with Crippen LogP contribution in [0.5, 0.6) is 0 Å². The predicted octanol–water partition coefficient (Wildman–Crippen LogP) is 4.38. The largest absolute Gasteiger partial charge is 0.378 e. The minimum absolute atomic E-state index is 0.0938. The monoisotopic (exact) mass is 270 g/mol. The molecular formula is C16H18N2O2. The summed E-state index contributed by atoms with van der Waals surface area (Å²) in [6.07, 6.45) is 0. The third-order valence-electron chi connectivity index (χ3n) is 3.37. The molecule has 0 radical (unpaired) electrons. The van der Waals surface area contributed by atoms with E-state index >= 15 is 0 Å². The predicted molar refractivity (Wildman–Crippen MR) is 81.1 cm³/mol. The third kappa shape index (κ3) is 3.15. The molecule has 0 spiro atoms. The van der Waals surface area contributed by atoms with Crippen LogP contribution in [0.2, 0.25) is 0 Å². The average molecular weight is 270 g/mol. The van der Waals surface area contributed by atoms with Crippen molar-refractivity contribution in [3.05, 3.63) is 69.3 Å². The summed E-state index contributed by atoms with van der Waals surface area (Å²) in [5.74, 6) is 0. The van der Waals surface area contributed by atoms with Crippen molar-refractivity contribution in [1.29, 1.82) is 0 Å². The SMILES string of the molecule is Cc1ccc(C)c(NC(C)c2ccc([N+](=O)[O-])cc2)c1. The van der Waals surface area contributed by atoms with Gasteiger partial charge in [-0.1, -0.05) is 24.3 Å². The average Bonchev–Trinajstić information content (AvgIpc) is 2.43. The van der Waals surface area contributed by atoms with Crippen molar-refractivity contribution in [3.63, 3.8) is 0 Å². The van der Waals surface area contributed by atoms with Crippen LogP contribution in [0.1, 0.15) is 29.7 Å². The van der Waals surface area contributed by atoms with Gasteiger partial charge in [0.2, 0.25) is 0 Å². The number of aryl methyl sites for hydroxylation is 2. The van der Waals surface area contributed by atoms with E-state index in [1.54, 1.807) is 12.1 Å². The Bertz CT molecular complexity index is 621. The van der Waals surface area contributed by atoms with E-state index in [1.807, 2.05) is 6.92 Å². The molecule has 0 amide bonds. The topological polar surface area (TPSA) is 55.2 Å². The van der Waals surface area contributed by atoms with Crippen molar-refractivity contribution in [2.75, 3.05) is 5.32 Å². The highest BCUT2D eigenvalue weighted by Crippen LogP contribution is 2.24. The molecule has 4 nitrogen and oxygen atoms in total. The van der Waals surface area contributed by atoms with Crippen LogP contribution in [0, 0.1) is 24.0 Å². The van der Waals surface area contributed by atoms with Crippen LogP contribution in [-0.2, 0) is 0 Å². The fraction of sp³-hybridized carbons (Fsp3) is 0.250. The van der Waals surface area contributed by atoms with Gasteiger partial charge in [0.1, 0.15) is 0 Å². The van der Waals surface area contributed by atoms with Gasteiger partial charge in [0, 0.05) is 23.9 Å². The summed E-state index contributed by atoms with van der Waals surface area (Å²) >= 11 is 0. The second-order valence-electron chi connectivity index (χ2n) is 5.03. The maximum absolute atomic E-state index is 10.6. The van der Waals surface area contributed by atoms with Gasteiger partial charge < -0.3 is 5.32 Å². The molecule has 1 N–H and O–H groups in total. The first-order valence-corrected chi connectivity index (χ1v) is 6.55. The first kappa shape index (κ1) is 14.1. The van der Waals surface area contributed by atoms with Gasteiger partial charge in [-0.05, 0) is 43.5 Å². The van der Waals surface area contributed by atoms with Crippen molar-refractivity contribution < 1.29 is 4.92 Å². The second-order valence-corrected chi connectivity index (χ2v) is 5.03. The highest BCUT2D eigenvalue weighted by molar-refractivity contribution is 5.54. The number of rotatable bonds is 4. The number of nitro benzene ring substituents is 1. The number of anilines is 1. The summed E-state index contributed by atoms with van der Waals surface area (Å²) in [6.45, 7) is 6.16. The number of hydrogen-bond donors (Lipinski definition) is 1. The molecule has 0 aromatic heterocycles. The number of hydrogen-bond acceptors (Lipinski definition) is 3. The van der Waals surface area contributed by atoms with E-state index in [0.717, 1.165) is 11.3 Å². The Kier molecular flexibility index (Phi) is 4.03. The summed E-state index contributed by atoms with van der Waals surface area (Å²) in [5, 5.41) is 14.1. The Balaban J connectivity index is 2.17. The molecule has 2 aromatic rings. The van der Waals surface area contributed by atoms with Crippen LogP contribution in [0.4, 0.5) is 11.4 Å². The molecule has 1 atom stereocenters. The molecular weight excluding hydrogens is 252 g/mol. The standard InChI is InChI=1S/C16H18N2O2/c1-11-4-5-12(2)16(10-11)17-13(3)14-6-8-15(9-7-14)18(19)20/h4-10,13,17H,1-3H3. The van der Waals surface area contributed by atoms with E-state index in [2.05, 4.69) is 37.4 Å². The fourth-order valence-electron chi connectivity index (χ4n) is 2.09. The van der Waals surface area contributed by atoms with Crippen molar-refractivity contribution >= 4 is 11.4 Å². The normalized spacial score (nSPS) is 11.9. The summed E-state index contributed by atoms with van der Waals surface area (Å²) in [4.78, 5) is 10.3. The second kappa shape index (κ2) is 5.74. The Hall–Kier alpha value is -2.36. The Morgan fingerprint density at radius 3 is 2.35 bits per heavy atom. The molecule has 0 aliphatic carbocycles. The van der Waals surface area contributed by atoms with Gasteiger partial charge in [0.05, 0.1) is 4.92 Å². The molecule has 0 saturated heterocycles. The van der Waals surface area contributed by atoms with E-state index in [-0.39, 0.29) is 16.7 Å². The minimum Gasteiger partial charge on any atom is -0.378 e. The first-order valence-electron chi connectivity index (χ1n) is 6.55. The van der Waals surface area contributed by atoms with Crippen LogP contribution in [0.3, 0.4) is 0 Å². The third-order valence-corrected chi connectivity index (χ3v) is 3.37. The van der Waals surface area contributed by atoms with Crippen molar-refractivity contribution in [1.82, 2.24) is 0 Å². The molecule has 0 saturated carbocycles. The van der Waals surface area contributed by atoms with Gasteiger partial charge in [-0.2, -0.15) is 0 Å². The van der Waals surface area contributed by atoms with Gasteiger partial charge in [-0.25, -0.2) is 0 Å². The molecule has 0 fully saturated rings. The van der Waals surface area contributed by atoms with Gasteiger partial charge in [0.15, 0.2) is 0 Å². The lowest BCUT2D eigenvalue weighted by Gasteiger charge is -2.18. The summed E-state index contributed by atoms with van der Waals surface area (Å²) in [7, 11) is 0. The minimum atomic E-state index is -0.382. The zero-order chi connectivity index (χ0) is 14.7. The molecule has 104 valence electrons. The maximum atomic E-state index is 10.6. The van der Waals surface area contributed by atoms with E-state index < -0.39 is 0 Å². The molecule has 0 aliphatic rings. The first-order chi connectivity index (χ1) is 9.47. The Morgan fingerprint density at radius 2 is 1.75 bits per heavy atom. The smallest absolute Gasteiger partial charge is 0.269 e. The number of nitro groups is 1. The number of nitrogens with zero attached hydrogens (tertiary/aromatic N) is 1. The molecule has 1 unspecified atom stereocenters. The summed E-state index contributed by atoms with van der Waals surface area (Å²) < 4.78 is 0. The zero-order valence-corrected chi connectivity index (χ0v) is 11.9. The Labute approximate surface area is 118 Å². The number of nitrogens with one attached hydrogen (secondary N) is 1. The molecule has 4 heteroatoms. The molecule has 2 aromatic carbocycles. The molecule has 0 heterocycles. The van der Waals surface area contributed by atoms with Crippen molar-refractivity contribution in [2.24, 2.45) is 0 Å². The lowest BCUT2D eigenvalue weighted by molar-refractivity contribution is -0.384. The van der Waals surface area contributed by atoms with Crippen LogP contribution in [-0.4, -0.2) is 4.92 Å². The lowest BCUT2D eigenvalue weighted by Crippen LogP contribution is -2.07. The van der Waals surface area contributed by atoms with Gasteiger partial charge >= 0.3 is 0 Å². The van der Waals surface area contributed by atoms with Gasteiger partial charge in [-0.15, -0.1) is 0 Å². The van der Waals surface area contributed by atoms with Crippen LogP contribution >= 0.6 is 0 Å². The molecule has 20 heavy (non-hydrogen) atoms. The highest BCUT2D eigenvalue weighted by Gasteiger charge is 2.10. The quantitative estimate of drug-likeness (QED) is 0.662. The van der Waals surface area contributed by atoms with E-state index in [0.29, 0.717) is 0 Å².